The van der Waals surface area contributed by atoms with E-state index < -0.39 is 10.0 Å². The highest BCUT2D eigenvalue weighted by Crippen LogP contribution is 2.27. The topological polar surface area (TPSA) is 58.2 Å². The van der Waals surface area contributed by atoms with E-state index in [0.717, 1.165) is 43.6 Å². The summed E-state index contributed by atoms with van der Waals surface area (Å²) in [6.07, 6.45) is 6.66. The molecule has 0 bridgehead atoms. The summed E-state index contributed by atoms with van der Waals surface area (Å²) in [5, 5.41) is 3.31. The van der Waals surface area contributed by atoms with Crippen LogP contribution in [0.25, 0.3) is 0 Å². The highest BCUT2D eigenvalue weighted by atomic mass is 32.2. The van der Waals surface area contributed by atoms with Crippen molar-refractivity contribution in [1.29, 1.82) is 0 Å². The average Bonchev–Trinajstić information content (AvgIpc) is 2.48. The van der Waals surface area contributed by atoms with Crippen LogP contribution in [0.15, 0.2) is 18.2 Å². The molecule has 1 aromatic rings. The number of hydrogen-bond acceptors (Lipinski definition) is 3. The van der Waals surface area contributed by atoms with Gasteiger partial charge in [0.15, 0.2) is 0 Å². The van der Waals surface area contributed by atoms with E-state index >= 15 is 0 Å². The lowest BCUT2D eigenvalue weighted by Gasteiger charge is -2.24. The van der Waals surface area contributed by atoms with Gasteiger partial charge in [0, 0.05) is 6.54 Å². The highest BCUT2D eigenvalue weighted by Gasteiger charge is 2.23. The van der Waals surface area contributed by atoms with Crippen LogP contribution in [0.1, 0.15) is 43.2 Å². The van der Waals surface area contributed by atoms with Crippen LogP contribution in [0, 0.1) is 5.92 Å². The van der Waals surface area contributed by atoms with E-state index in [4.69, 9.17) is 0 Å². The lowest BCUT2D eigenvalue weighted by Crippen LogP contribution is -2.28. The van der Waals surface area contributed by atoms with Crippen molar-refractivity contribution < 1.29 is 8.42 Å². The van der Waals surface area contributed by atoms with E-state index in [1.165, 1.54) is 24.8 Å². The van der Waals surface area contributed by atoms with Crippen molar-refractivity contribution >= 4 is 15.7 Å². The van der Waals surface area contributed by atoms with Gasteiger partial charge in [-0.3, -0.25) is 4.72 Å². The zero-order chi connectivity index (χ0) is 14.7. The van der Waals surface area contributed by atoms with Gasteiger partial charge in [-0.25, -0.2) is 8.42 Å². The molecule has 4 nitrogen and oxygen atoms in total. The van der Waals surface area contributed by atoms with Gasteiger partial charge in [-0.2, -0.15) is 0 Å². The van der Waals surface area contributed by atoms with Crippen molar-refractivity contribution in [2.75, 3.05) is 17.0 Å². The first-order valence-electron chi connectivity index (χ1n) is 7.96. The molecule has 116 valence electrons. The smallest absolute Gasteiger partial charge is 0.233 e. The molecule has 1 heterocycles. The highest BCUT2D eigenvalue weighted by molar-refractivity contribution is 7.92. The molecule has 1 aromatic carbocycles. The third kappa shape index (κ3) is 3.77. The summed E-state index contributed by atoms with van der Waals surface area (Å²) in [5.41, 5.74) is 3.12. The van der Waals surface area contributed by atoms with Crippen molar-refractivity contribution in [2.45, 2.75) is 45.1 Å². The Balaban J connectivity index is 1.73. The lowest BCUT2D eigenvalue weighted by atomic mass is 9.91. The summed E-state index contributed by atoms with van der Waals surface area (Å²) in [6.45, 7) is 1.71. The maximum absolute atomic E-state index is 12.4. The Kier molecular flexibility index (Phi) is 4.50. The molecule has 0 saturated heterocycles. The van der Waals surface area contributed by atoms with Crippen LogP contribution in [0.3, 0.4) is 0 Å². The van der Waals surface area contributed by atoms with Crippen LogP contribution in [-0.2, 0) is 23.0 Å². The van der Waals surface area contributed by atoms with Gasteiger partial charge in [-0.15, -0.1) is 0 Å². The molecule has 0 aromatic heterocycles. The average molecular weight is 308 g/mol. The fourth-order valence-corrected chi connectivity index (χ4v) is 5.05. The quantitative estimate of drug-likeness (QED) is 0.899. The lowest BCUT2D eigenvalue weighted by molar-refractivity contribution is 0.385. The minimum atomic E-state index is -3.25. The van der Waals surface area contributed by atoms with Crippen molar-refractivity contribution in [2.24, 2.45) is 5.92 Å². The number of sulfonamides is 1. The molecular formula is C16H24N2O2S. The van der Waals surface area contributed by atoms with Crippen LogP contribution >= 0.6 is 0 Å². The molecule has 0 spiro atoms. The summed E-state index contributed by atoms with van der Waals surface area (Å²) in [6, 6.07) is 5.92. The maximum Gasteiger partial charge on any atom is 0.233 e. The van der Waals surface area contributed by atoms with Crippen LogP contribution in [0.4, 0.5) is 5.69 Å². The van der Waals surface area contributed by atoms with E-state index in [-0.39, 0.29) is 5.75 Å². The molecule has 2 N–H and O–H groups in total. The third-order valence-corrected chi connectivity index (χ3v) is 6.03. The second kappa shape index (κ2) is 6.36. The minimum Gasteiger partial charge on any atom is -0.312 e. The largest absolute Gasteiger partial charge is 0.312 e. The number of fused-ring (bicyclic) bond motifs is 1. The molecule has 0 atom stereocenters. The van der Waals surface area contributed by atoms with E-state index in [0.29, 0.717) is 5.92 Å². The monoisotopic (exact) mass is 308 g/mol. The standard InChI is InChI=1S/C16H24N2O2S/c19-21(20,12-13-5-2-1-3-6-13)18-16-8-4-7-14-9-10-17-11-15(14)16/h4,7-8,13,17-18H,1-3,5-6,9-12H2. The Morgan fingerprint density at radius 2 is 2.00 bits per heavy atom. The molecule has 1 aliphatic carbocycles. The SMILES string of the molecule is O=S(=O)(CC1CCCCC1)Nc1cccc2c1CNCC2. The Hall–Kier alpha value is -1.07. The molecule has 2 aliphatic rings. The molecule has 0 amide bonds. The van der Waals surface area contributed by atoms with Crippen LogP contribution < -0.4 is 10.0 Å². The minimum absolute atomic E-state index is 0.268. The Morgan fingerprint density at radius 1 is 1.19 bits per heavy atom. The summed E-state index contributed by atoms with van der Waals surface area (Å²) >= 11 is 0. The van der Waals surface area contributed by atoms with Crippen molar-refractivity contribution in [3.8, 4) is 0 Å². The van der Waals surface area contributed by atoms with Crippen molar-refractivity contribution in [3.05, 3.63) is 29.3 Å². The maximum atomic E-state index is 12.4. The second-order valence-corrected chi connectivity index (χ2v) is 8.02. The molecule has 1 fully saturated rings. The van der Waals surface area contributed by atoms with E-state index in [2.05, 4.69) is 16.1 Å². The molecule has 1 saturated carbocycles. The van der Waals surface area contributed by atoms with Crippen molar-refractivity contribution in [1.82, 2.24) is 5.32 Å². The zero-order valence-electron chi connectivity index (χ0n) is 12.4. The van der Waals surface area contributed by atoms with Crippen molar-refractivity contribution in [3.63, 3.8) is 0 Å². The second-order valence-electron chi connectivity index (χ2n) is 6.26. The predicted molar refractivity (Wildman–Crippen MR) is 85.8 cm³/mol. The number of benzene rings is 1. The number of hydrogen-bond donors (Lipinski definition) is 2. The fourth-order valence-electron chi connectivity index (χ4n) is 3.48. The Bertz CT molecular complexity index is 592. The zero-order valence-corrected chi connectivity index (χ0v) is 13.2. The molecule has 21 heavy (non-hydrogen) atoms. The molecule has 3 rings (SSSR count). The Morgan fingerprint density at radius 3 is 2.81 bits per heavy atom. The van der Waals surface area contributed by atoms with Crippen LogP contribution in [-0.4, -0.2) is 20.7 Å². The molecule has 1 aliphatic heterocycles. The predicted octanol–water partition coefficient (Wildman–Crippen LogP) is 2.65. The first kappa shape index (κ1) is 14.9. The normalized spacial score (nSPS) is 20.0. The van der Waals surface area contributed by atoms with E-state index in [9.17, 15) is 8.42 Å². The van der Waals surface area contributed by atoms with E-state index in [1.54, 1.807) is 0 Å². The van der Waals surface area contributed by atoms with Crippen LogP contribution in [0.5, 0.6) is 0 Å². The summed E-state index contributed by atoms with van der Waals surface area (Å²) in [5.74, 6) is 0.596. The molecule has 0 radical (unpaired) electrons. The molecule has 0 unspecified atom stereocenters. The summed E-state index contributed by atoms with van der Waals surface area (Å²) in [7, 11) is -3.25. The first-order valence-corrected chi connectivity index (χ1v) is 9.61. The van der Waals surface area contributed by atoms with Gasteiger partial charge < -0.3 is 5.32 Å². The van der Waals surface area contributed by atoms with Gasteiger partial charge in [0.2, 0.25) is 10.0 Å². The number of nitrogens with one attached hydrogen (secondary N) is 2. The summed E-state index contributed by atoms with van der Waals surface area (Å²) in [4.78, 5) is 0. The molecular weight excluding hydrogens is 284 g/mol. The van der Waals surface area contributed by atoms with Gasteiger partial charge in [-0.05, 0) is 48.9 Å². The molecule has 5 heteroatoms. The summed E-state index contributed by atoms with van der Waals surface area (Å²) < 4.78 is 27.7. The fraction of sp³-hybridized carbons (Fsp3) is 0.625. The van der Waals surface area contributed by atoms with Gasteiger partial charge in [0.25, 0.3) is 0 Å². The van der Waals surface area contributed by atoms with Gasteiger partial charge >= 0.3 is 0 Å². The first-order chi connectivity index (χ1) is 10.1. The van der Waals surface area contributed by atoms with Gasteiger partial charge in [0.1, 0.15) is 0 Å². The Labute approximate surface area is 127 Å². The van der Waals surface area contributed by atoms with Crippen LogP contribution in [0.2, 0.25) is 0 Å². The van der Waals surface area contributed by atoms with Gasteiger partial charge in [0.05, 0.1) is 11.4 Å². The van der Waals surface area contributed by atoms with Gasteiger partial charge in [-0.1, -0.05) is 31.4 Å². The third-order valence-electron chi connectivity index (χ3n) is 4.59. The number of anilines is 1. The van der Waals surface area contributed by atoms with E-state index in [1.807, 2.05) is 12.1 Å². The number of rotatable bonds is 4.